The Morgan fingerprint density at radius 1 is 0.963 bits per heavy atom. The maximum atomic E-state index is 12.4. The predicted octanol–water partition coefficient (Wildman–Crippen LogP) is 3.64. The van der Waals surface area contributed by atoms with E-state index in [0.717, 1.165) is 19.3 Å². The van der Waals surface area contributed by atoms with Crippen molar-refractivity contribution >= 4 is 11.7 Å². The lowest BCUT2D eigenvalue weighted by atomic mass is 9.83. The second-order valence-electron chi connectivity index (χ2n) is 6.81. The van der Waals surface area contributed by atoms with E-state index < -0.39 is 5.54 Å². The lowest BCUT2D eigenvalue weighted by Crippen LogP contribution is -2.50. The smallest absolute Gasteiger partial charge is 0.259 e. The minimum Gasteiger partial charge on any atom is -0.484 e. The molecule has 5 nitrogen and oxygen atoms in total. The van der Waals surface area contributed by atoms with E-state index in [1.165, 1.54) is 0 Å². The summed E-state index contributed by atoms with van der Waals surface area (Å²) in [6, 6.07) is 18.0. The Morgan fingerprint density at radius 2 is 1.59 bits per heavy atom. The molecule has 0 heterocycles. The highest BCUT2D eigenvalue weighted by molar-refractivity contribution is 6.08. The summed E-state index contributed by atoms with van der Waals surface area (Å²) < 4.78 is 5.51. The number of carbonyl (C=O) groups is 2. The maximum Gasteiger partial charge on any atom is 0.259 e. The molecule has 1 saturated carbocycles. The molecule has 0 bridgehead atoms. The van der Waals surface area contributed by atoms with Gasteiger partial charge in [0.2, 0.25) is 0 Å². The van der Waals surface area contributed by atoms with E-state index in [1.807, 2.05) is 18.2 Å². The lowest BCUT2D eigenvalue weighted by Gasteiger charge is -2.31. The number of nitrogens with zero attached hydrogens (tertiary/aromatic N) is 1. The summed E-state index contributed by atoms with van der Waals surface area (Å²) in [5.74, 6) is 0.139. The SMILES string of the molecule is N#CC1(NC(=O)COc2ccc(C(=O)c3ccccc3)cc2)CCCCC1. The molecule has 0 unspecified atom stereocenters. The molecule has 2 aromatic carbocycles. The van der Waals surface area contributed by atoms with Crippen molar-refractivity contribution in [1.82, 2.24) is 5.32 Å². The van der Waals surface area contributed by atoms with Gasteiger partial charge in [-0.25, -0.2) is 0 Å². The predicted molar refractivity (Wildman–Crippen MR) is 101 cm³/mol. The third-order valence-corrected chi connectivity index (χ3v) is 4.82. The molecule has 1 aliphatic rings. The van der Waals surface area contributed by atoms with E-state index in [4.69, 9.17) is 4.74 Å². The Bertz CT molecular complexity index is 832. The zero-order valence-corrected chi connectivity index (χ0v) is 15.1. The van der Waals surface area contributed by atoms with E-state index in [1.54, 1.807) is 36.4 Å². The number of carbonyl (C=O) groups excluding carboxylic acids is 2. The molecule has 0 saturated heterocycles. The number of amides is 1. The third kappa shape index (κ3) is 4.73. The summed E-state index contributed by atoms with van der Waals surface area (Å²) >= 11 is 0. The van der Waals surface area contributed by atoms with Gasteiger partial charge in [-0.15, -0.1) is 0 Å². The first-order chi connectivity index (χ1) is 13.1. The number of nitriles is 1. The Morgan fingerprint density at radius 3 is 2.22 bits per heavy atom. The van der Waals surface area contributed by atoms with Crippen LogP contribution in [0, 0.1) is 11.3 Å². The van der Waals surface area contributed by atoms with Gasteiger partial charge in [0.25, 0.3) is 5.91 Å². The number of nitrogens with one attached hydrogen (secondary N) is 1. The van der Waals surface area contributed by atoms with Gasteiger partial charge in [-0.1, -0.05) is 49.6 Å². The van der Waals surface area contributed by atoms with Gasteiger partial charge < -0.3 is 10.1 Å². The van der Waals surface area contributed by atoms with Crippen LogP contribution in [0.4, 0.5) is 0 Å². The van der Waals surface area contributed by atoms with Crippen molar-refractivity contribution in [2.75, 3.05) is 6.61 Å². The lowest BCUT2D eigenvalue weighted by molar-refractivity contribution is -0.124. The normalized spacial score (nSPS) is 15.4. The average Bonchev–Trinajstić information content (AvgIpc) is 2.73. The number of hydrogen-bond acceptors (Lipinski definition) is 4. The molecule has 0 atom stereocenters. The van der Waals surface area contributed by atoms with E-state index in [9.17, 15) is 14.9 Å². The Hall–Kier alpha value is -3.13. The van der Waals surface area contributed by atoms with Crippen molar-refractivity contribution in [3.8, 4) is 11.8 Å². The van der Waals surface area contributed by atoms with Gasteiger partial charge in [0.1, 0.15) is 11.3 Å². The average molecular weight is 362 g/mol. The molecule has 1 fully saturated rings. The first-order valence-electron chi connectivity index (χ1n) is 9.17. The molecule has 1 amide bonds. The molecule has 1 N–H and O–H groups in total. The Kier molecular flexibility index (Phi) is 5.87. The molecule has 0 spiro atoms. The standard InChI is InChI=1S/C22H22N2O3/c23-16-22(13-5-2-6-14-22)24-20(25)15-27-19-11-9-18(10-12-19)21(26)17-7-3-1-4-8-17/h1,3-4,7-12H,2,5-6,13-15H2,(H,24,25). The van der Waals surface area contributed by atoms with Crippen LogP contribution in [0.25, 0.3) is 0 Å². The van der Waals surface area contributed by atoms with Gasteiger partial charge in [-0.05, 0) is 37.1 Å². The highest BCUT2D eigenvalue weighted by atomic mass is 16.5. The van der Waals surface area contributed by atoms with Crippen LogP contribution >= 0.6 is 0 Å². The number of rotatable bonds is 6. The van der Waals surface area contributed by atoms with Crippen molar-refractivity contribution in [2.45, 2.75) is 37.6 Å². The van der Waals surface area contributed by atoms with Crippen LogP contribution in [0.15, 0.2) is 54.6 Å². The zero-order valence-electron chi connectivity index (χ0n) is 15.1. The quantitative estimate of drug-likeness (QED) is 0.796. The van der Waals surface area contributed by atoms with E-state index in [0.29, 0.717) is 29.7 Å². The zero-order chi connectivity index (χ0) is 19.1. The van der Waals surface area contributed by atoms with Crippen molar-refractivity contribution < 1.29 is 14.3 Å². The highest BCUT2D eigenvalue weighted by Gasteiger charge is 2.33. The summed E-state index contributed by atoms with van der Waals surface area (Å²) in [6.07, 6.45) is 4.37. The highest BCUT2D eigenvalue weighted by Crippen LogP contribution is 2.27. The van der Waals surface area contributed by atoms with Crippen molar-refractivity contribution in [2.24, 2.45) is 0 Å². The summed E-state index contributed by atoms with van der Waals surface area (Å²) in [6.45, 7) is -0.157. The van der Waals surface area contributed by atoms with Crippen LogP contribution in [0.1, 0.15) is 48.0 Å². The van der Waals surface area contributed by atoms with Crippen LogP contribution in [0.3, 0.4) is 0 Å². The largest absolute Gasteiger partial charge is 0.484 e. The fraction of sp³-hybridized carbons (Fsp3) is 0.318. The monoisotopic (exact) mass is 362 g/mol. The first kappa shape index (κ1) is 18.7. The Labute approximate surface area is 159 Å². The molecule has 0 radical (unpaired) electrons. The fourth-order valence-corrected chi connectivity index (χ4v) is 3.33. The van der Waals surface area contributed by atoms with Gasteiger partial charge in [0.05, 0.1) is 6.07 Å². The second-order valence-corrected chi connectivity index (χ2v) is 6.81. The summed E-state index contributed by atoms with van der Waals surface area (Å²) in [5.41, 5.74) is 0.424. The van der Waals surface area contributed by atoms with Gasteiger partial charge in [-0.3, -0.25) is 9.59 Å². The molecule has 5 heteroatoms. The van der Waals surface area contributed by atoms with E-state index >= 15 is 0 Å². The van der Waals surface area contributed by atoms with Crippen molar-refractivity contribution in [3.05, 3.63) is 65.7 Å². The van der Waals surface area contributed by atoms with Crippen molar-refractivity contribution in [3.63, 3.8) is 0 Å². The summed E-state index contributed by atoms with van der Waals surface area (Å²) in [7, 11) is 0. The molecule has 27 heavy (non-hydrogen) atoms. The molecule has 3 rings (SSSR count). The van der Waals surface area contributed by atoms with Crippen LogP contribution in [-0.4, -0.2) is 23.8 Å². The molecule has 0 aromatic heterocycles. The Balaban J connectivity index is 1.55. The minimum absolute atomic E-state index is 0.0619. The molecule has 2 aromatic rings. The van der Waals surface area contributed by atoms with Gasteiger partial charge >= 0.3 is 0 Å². The van der Waals surface area contributed by atoms with E-state index in [-0.39, 0.29) is 18.3 Å². The van der Waals surface area contributed by atoms with Crippen LogP contribution < -0.4 is 10.1 Å². The number of hydrogen-bond donors (Lipinski definition) is 1. The van der Waals surface area contributed by atoms with E-state index in [2.05, 4.69) is 11.4 Å². The molecular weight excluding hydrogens is 340 g/mol. The van der Waals surface area contributed by atoms with Crippen LogP contribution in [0.2, 0.25) is 0 Å². The number of ether oxygens (including phenoxy) is 1. The van der Waals surface area contributed by atoms with Crippen LogP contribution in [0.5, 0.6) is 5.75 Å². The number of benzene rings is 2. The molecular formula is C22H22N2O3. The molecule has 0 aliphatic heterocycles. The number of ketones is 1. The minimum atomic E-state index is -0.759. The summed E-state index contributed by atoms with van der Waals surface area (Å²) in [4.78, 5) is 24.5. The topological polar surface area (TPSA) is 79.2 Å². The second kappa shape index (κ2) is 8.50. The van der Waals surface area contributed by atoms with Crippen LogP contribution in [-0.2, 0) is 4.79 Å². The van der Waals surface area contributed by atoms with Gasteiger partial charge in [0, 0.05) is 11.1 Å². The summed E-state index contributed by atoms with van der Waals surface area (Å²) in [5, 5.41) is 12.2. The fourth-order valence-electron chi connectivity index (χ4n) is 3.33. The molecule has 138 valence electrons. The third-order valence-electron chi connectivity index (χ3n) is 4.82. The van der Waals surface area contributed by atoms with Gasteiger partial charge in [-0.2, -0.15) is 5.26 Å². The maximum absolute atomic E-state index is 12.4. The van der Waals surface area contributed by atoms with Crippen molar-refractivity contribution in [1.29, 1.82) is 5.26 Å². The first-order valence-corrected chi connectivity index (χ1v) is 9.17. The molecule has 1 aliphatic carbocycles. The van der Waals surface area contributed by atoms with Gasteiger partial charge in [0.15, 0.2) is 12.4 Å².